The van der Waals surface area contributed by atoms with Gasteiger partial charge in [-0.05, 0) is 37.5 Å². The van der Waals surface area contributed by atoms with Crippen LogP contribution in [0.25, 0.3) is 0 Å². The molecule has 0 saturated carbocycles. The van der Waals surface area contributed by atoms with Crippen molar-refractivity contribution >= 4 is 17.5 Å². The van der Waals surface area contributed by atoms with Gasteiger partial charge >= 0.3 is 0 Å². The van der Waals surface area contributed by atoms with Crippen LogP contribution in [-0.2, 0) is 10.3 Å². The third-order valence-electron chi connectivity index (χ3n) is 3.29. The standard InChI is InChI=1S/C15H21ClN2O2/c1-3-4-8-13(19)10-18-15(2,14(17)20)11-6-5-7-12(16)9-11/h3,5-7,9,13,18-19H,1,4,8,10H2,2H3,(H2,17,20). The molecule has 0 aromatic heterocycles. The molecule has 1 aromatic rings. The maximum atomic E-state index is 11.8. The molecule has 4 nitrogen and oxygen atoms in total. The minimum atomic E-state index is -1.07. The van der Waals surface area contributed by atoms with Gasteiger partial charge in [0.1, 0.15) is 5.54 Å². The number of carbonyl (C=O) groups is 1. The Morgan fingerprint density at radius 2 is 2.35 bits per heavy atom. The van der Waals surface area contributed by atoms with Crippen molar-refractivity contribution in [2.24, 2.45) is 5.73 Å². The highest BCUT2D eigenvalue weighted by Crippen LogP contribution is 2.23. The number of aliphatic hydroxyl groups excluding tert-OH is 1. The molecule has 0 radical (unpaired) electrons. The van der Waals surface area contributed by atoms with Crippen LogP contribution in [0.4, 0.5) is 0 Å². The van der Waals surface area contributed by atoms with Crippen molar-refractivity contribution in [3.05, 3.63) is 47.5 Å². The van der Waals surface area contributed by atoms with Gasteiger partial charge in [0, 0.05) is 11.6 Å². The summed E-state index contributed by atoms with van der Waals surface area (Å²) in [5.41, 5.74) is 5.10. The summed E-state index contributed by atoms with van der Waals surface area (Å²) in [5, 5.41) is 13.4. The molecule has 0 aliphatic carbocycles. The second-order valence-corrected chi connectivity index (χ2v) is 5.34. The van der Waals surface area contributed by atoms with E-state index in [0.717, 1.165) is 0 Å². The molecule has 5 heteroatoms. The van der Waals surface area contributed by atoms with E-state index in [9.17, 15) is 9.90 Å². The van der Waals surface area contributed by atoms with Crippen LogP contribution < -0.4 is 11.1 Å². The molecule has 2 atom stereocenters. The van der Waals surface area contributed by atoms with Crippen LogP contribution in [0, 0.1) is 0 Å². The number of nitrogens with one attached hydrogen (secondary N) is 1. The van der Waals surface area contributed by atoms with Crippen molar-refractivity contribution in [2.75, 3.05) is 6.54 Å². The maximum Gasteiger partial charge on any atom is 0.242 e. The number of primary amides is 1. The minimum absolute atomic E-state index is 0.264. The number of nitrogens with two attached hydrogens (primary N) is 1. The van der Waals surface area contributed by atoms with Gasteiger partial charge in [-0.3, -0.25) is 10.1 Å². The highest BCUT2D eigenvalue weighted by atomic mass is 35.5. The van der Waals surface area contributed by atoms with E-state index in [1.807, 2.05) is 0 Å². The third-order valence-corrected chi connectivity index (χ3v) is 3.53. The predicted molar refractivity (Wildman–Crippen MR) is 81.4 cm³/mol. The van der Waals surface area contributed by atoms with Gasteiger partial charge in [-0.15, -0.1) is 6.58 Å². The maximum absolute atomic E-state index is 11.8. The van der Waals surface area contributed by atoms with Crippen molar-refractivity contribution in [1.82, 2.24) is 5.32 Å². The van der Waals surface area contributed by atoms with E-state index in [2.05, 4.69) is 11.9 Å². The fourth-order valence-electron chi connectivity index (χ4n) is 1.87. The topological polar surface area (TPSA) is 75.3 Å². The first-order valence-electron chi connectivity index (χ1n) is 6.50. The van der Waals surface area contributed by atoms with Crippen LogP contribution in [0.15, 0.2) is 36.9 Å². The lowest BCUT2D eigenvalue weighted by Gasteiger charge is -2.29. The number of amides is 1. The first-order valence-corrected chi connectivity index (χ1v) is 6.88. The van der Waals surface area contributed by atoms with Gasteiger partial charge in [-0.25, -0.2) is 0 Å². The summed E-state index contributed by atoms with van der Waals surface area (Å²) in [6, 6.07) is 6.95. The molecule has 0 fully saturated rings. The van der Waals surface area contributed by atoms with Gasteiger partial charge in [0.15, 0.2) is 0 Å². The van der Waals surface area contributed by atoms with Crippen molar-refractivity contribution < 1.29 is 9.90 Å². The largest absolute Gasteiger partial charge is 0.392 e. The number of hydrogen-bond donors (Lipinski definition) is 3. The van der Waals surface area contributed by atoms with Crippen molar-refractivity contribution in [2.45, 2.75) is 31.4 Å². The average molecular weight is 297 g/mol. The quantitative estimate of drug-likeness (QED) is 0.642. The summed E-state index contributed by atoms with van der Waals surface area (Å²) in [7, 11) is 0. The molecule has 0 aliphatic rings. The van der Waals surface area contributed by atoms with E-state index in [1.165, 1.54) is 0 Å². The van der Waals surface area contributed by atoms with E-state index in [4.69, 9.17) is 17.3 Å². The Morgan fingerprint density at radius 3 is 2.90 bits per heavy atom. The van der Waals surface area contributed by atoms with Crippen LogP contribution in [0.1, 0.15) is 25.3 Å². The molecule has 1 rings (SSSR count). The highest BCUT2D eigenvalue weighted by molar-refractivity contribution is 6.30. The second kappa shape index (κ2) is 7.43. The van der Waals surface area contributed by atoms with E-state index in [0.29, 0.717) is 23.4 Å². The van der Waals surface area contributed by atoms with Crippen LogP contribution in [-0.4, -0.2) is 23.7 Å². The Hall–Kier alpha value is -1.36. The summed E-state index contributed by atoms with van der Waals surface area (Å²) < 4.78 is 0. The first kappa shape index (κ1) is 16.7. The number of allylic oxidation sites excluding steroid dienone is 1. The fraction of sp³-hybridized carbons (Fsp3) is 0.400. The van der Waals surface area contributed by atoms with E-state index < -0.39 is 17.6 Å². The number of carbonyl (C=O) groups excluding carboxylic acids is 1. The summed E-state index contributed by atoms with van der Waals surface area (Å²) in [6.07, 6.45) is 2.48. The fourth-order valence-corrected chi connectivity index (χ4v) is 2.06. The highest BCUT2D eigenvalue weighted by Gasteiger charge is 2.33. The Bertz CT molecular complexity index is 479. The molecule has 0 heterocycles. The van der Waals surface area contributed by atoms with Gasteiger partial charge in [0.25, 0.3) is 0 Å². The summed E-state index contributed by atoms with van der Waals surface area (Å²) in [4.78, 5) is 11.8. The van der Waals surface area contributed by atoms with Crippen LogP contribution in [0.3, 0.4) is 0 Å². The van der Waals surface area contributed by atoms with Gasteiger partial charge < -0.3 is 10.8 Å². The van der Waals surface area contributed by atoms with E-state index in [-0.39, 0.29) is 6.54 Å². The van der Waals surface area contributed by atoms with Gasteiger partial charge in [0.05, 0.1) is 6.10 Å². The molecule has 20 heavy (non-hydrogen) atoms. The molecular weight excluding hydrogens is 276 g/mol. The number of rotatable bonds is 8. The molecule has 110 valence electrons. The Labute approximate surface area is 124 Å². The lowest BCUT2D eigenvalue weighted by atomic mass is 9.91. The van der Waals surface area contributed by atoms with Crippen LogP contribution in [0.5, 0.6) is 0 Å². The molecule has 0 saturated heterocycles. The zero-order valence-electron chi connectivity index (χ0n) is 11.6. The smallest absolute Gasteiger partial charge is 0.242 e. The van der Waals surface area contributed by atoms with Crippen molar-refractivity contribution in [3.8, 4) is 0 Å². The lowest BCUT2D eigenvalue weighted by Crippen LogP contribution is -2.52. The Balaban J connectivity index is 2.82. The normalized spacial score (nSPS) is 15.3. The number of benzene rings is 1. The Morgan fingerprint density at radius 1 is 1.65 bits per heavy atom. The summed E-state index contributed by atoms with van der Waals surface area (Å²) in [5.74, 6) is -0.518. The average Bonchev–Trinajstić information content (AvgIpc) is 2.42. The molecule has 2 unspecified atom stereocenters. The van der Waals surface area contributed by atoms with Gasteiger partial charge in [-0.1, -0.05) is 29.8 Å². The molecule has 1 aromatic carbocycles. The number of hydrogen-bond acceptors (Lipinski definition) is 3. The minimum Gasteiger partial charge on any atom is -0.392 e. The molecule has 0 aliphatic heterocycles. The predicted octanol–water partition coefficient (Wildman–Crippen LogP) is 1.96. The molecular formula is C15H21ClN2O2. The second-order valence-electron chi connectivity index (χ2n) is 4.90. The van der Waals surface area contributed by atoms with Crippen LogP contribution >= 0.6 is 11.6 Å². The summed E-state index contributed by atoms with van der Waals surface area (Å²) in [6.45, 7) is 5.55. The number of halogens is 1. The van der Waals surface area contributed by atoms with E-state index >= 15 is 0 Å². The van der Waals surface area contributed by atoms with Gasteiger partial charge in [0.2, 0.25) is 5.91 Å². The van der Waals surface area contributed by atoms with Crippen molar-refractivity contribution in [3.63, 3.8) is 0 Å². The van der Waals surface area contributed by atoms with E-state index in [1.54, 1.807) is 37.3 Å². The molecule has 0 spiro atoms. The molecule has 1 amide bonds. The first-order chi connectivity index (χ1) is 9.40. The molecule has 4 N–H and O–H groups in total. The van der Waals surface area contributed by atoms with Crippen molar-refractivity contribution in [1.29, 1.82) is 0 Å². The van der Waals surface area contributed by atoms with Crippen LogP contribution in [0.2, 0.25) is 5.02 Å². The number of aliphatic hydroxyl groups is 1. The zero-order chi connectivity index (χ0) is 15.2. The summed E-state index contributed by atoms with van der Waals surface area (Å²) >= 11 is 5.95. The Kier molecular flexibility index (Phi) is 6.20. The molecule has 0 bridgehead atoms. The van der Waals surface area contributed by atoms with Gasteiger partial charge in [-0.2, -0.15) is 0 Å². The third kappa shape index (κ3) is 4.34. The zero-order valence-corrected chi connectivity index (χ0v) is 12.4. The SMILES string of the molecule is C=CCCC(O)CNC(C)(C(N)=O)c1cccc(Cl)c1. The monoisotopic (exact) mass is 296 g/mol. The lowest BCUT2D eigenvalue weighted by molar-refractivity contribution is -0.124.